The molecule has 1 heterocycles. The van der Waals surface area contributed by atoms with Crippen molar-refractivity contribution in [3.8, 4) is 0 Å². The van der Waals surface area contributed by atoms with Crippen LogP contribution in [0.5, 0.6) is 0 Å². The first kappa shape index (κ1) is 17.4. The molecular weight excluding hydrogens is 258 g/mol. The summed E-state index contributed by atoms with van der Waals surface area (Å²) >= 11 is 0. The lowest BCUT2D eigenvalue weighted by Gasteiger charge is -2.31. The van der Waals surface area contributed by atoms with Crippen molar-refractivity contribution >= 4 is 5.91 Å². The molecule has 1 rings (SSSR count). The fourth-order valence-electron chi connectivity index (χ4n) is 2.32. The first-order chi connectivity index (χ1) is 9.77. The summed E-state index contributed by atoms with van der Waals surface area (Å²) in [5, 5.41) is 0. The standard InChI is InChI=1S/C15H29NO4/c1-3-14-5-7-16(8-6-14)15(17)13-20-12-11-19-10-9-18-4-2/h14H,3-13H2,1-2H3. The zero-order valence-electron chi connectivity index (χ0n) is 12.9. The number of rotatable bonds is 10. The lowest BCUT2D eigenvalue weighted by molar-refractivity contribution is -0.138. The Balaban J connectivity index is 1.95. The van der Waals surface area contributed by atoms with Crippen LogP contribution in [0, 0.1) is 5.92 Å². The summed E-state index contributed by atoms with van der Waals surface area (Å²) in [5.41, 5.74) is 0. The van der Waals surface area contributed by atoms with Crippen molar-refractivity contribution in [2.75, 3.05) is 52.7 Å². The van der Waals surface area contributed by atoms with Crippen molar-refractivity contribution in [2.45, 2.75) is 33.1 Å². The van der Waals surface area contributed by atoms with Gasteiger partial charge in [-0.2, -0.15) is 0 Å². The van der Waals surface area contributed by atoms with Crippen LogP contribution in [0.25, 0.3) is 0 Å². The number of amides is 1. The summed E-state index contributed by atoms with van der Waals surface area (Å²) in [6.07, 6.45) is 3.48. The number of hydrogen-bond acceptors (Lipinski definition) is 4. The summed E-state index contributed by atoms with van der Waals surface area (Å²) < 4.78 is 15.8. The van der Waals surface area contributed by atoms with Gasteiger partial charge in [-0.3, -0.25) is 4.79 Å². The van der Waals surface area contributed by atoms with Gasteiger partial charge in [-0.05, 0) is 25.7 Å². The van der Waals surface area contributed by atoms with E-state index < -0.39 is 0 Å². The highest BCUT2D eigenvalue weighted by molar-refractivity contribution is 5.77. The van der Waals surface area contributed by atoms with Gasteiger partial charge in [0, 0.05) is 19.7 Å². The maximum atomic E-state index is 11.9. The normalized spacial score (nSPS) is 16.6. The summed E-state index contributed by atoms with van der Waals surface area (Å²) in [6.45, 7) is 8.99. The molecule has 1 saturated heterocycles. The highest BCUT2D eigenvalue weighted by Crippen LogP contribution is 2.19. The molecule has 0 aromatic carbocycles. The van der Waals surface area contributed by atoms with Gasteiger partial charge in [-0.25, -0.2) is 0 Å². The van der Waals surface area contributed by atoms with Gasteiger partial charge in [-0.15, -0.1) is 0 Å². The van der Waals surface area contributed by atoms with Crippen molar-refractivity contribution in [1.82, 2.24) is 4.90 Å². The number of piperidine rings is 1. The first-order valence-corrected chi connectivity index (χ1v) is 7.78. The highest BCUT2D eigenvalue weighted by Gasteiger charge is 2.21. The minimum atomic E-state index is 0.105. The quantitative estimate of drug-likeness (QED) is 0.574. The number of ether oxygens (including phenoxy) is 3. The van der Waals surface area contributed by atoms with Crippen LogP contribution in [0.2, 0.25) is 0 Å². The van der Waals surface area contributed by atoms with Gasteiger partial charge < -0.3 is 19.1 Å². The molecule has 0 unspecified atom stereocenters. The summed E-state index contributed by atoms with van der Waals surface area (Å²) in [7, 11) is 0. The first-order valence-electron chi connectivity index (χ1n) is 7.78. The van der Waals surface area contributed by atoms with Crippen molar-refractivity contribution in [1.29, 1.82) is 0 Å². The third kappa shape index (κ3) is 7.22. The van der Waals surface area contributed by atoms with Crippen molar-refractivity contribution in [3.63, 3.8) is 0 Å². The van der Waals surface area contributed by atoms with Crippen molar-refractivity contribution in [3.05, 3.63) is 0 Å². The Morgan fingerprint density at radius 2 is 1.60 bits per heavy atom. The molecule has 1 aliphatic heterocycles. The second-order valence-corrected chi connectivity index (χ2v) is 5.09. The molecule has 0 saturated carbocycles. The molecule has 0 aromatic heterocycles. The van der Waals surface area contributed by atoms with Gasteiger partial charge in [0.25, 0.3) is 0 Å². The summed E-state index contributed by atoms with van der Waals surface area (Å²) in [4.78, 5) is 13.8. The monoisotopic (exact) mass is 287 g/mol. The molecular formula is C15H29NO4. The van der Waals surface area contributed by atoms with Crippen LogP contribution in [-0.2, 0) is 19.0 Å². The predicted molar refractivity (Wildman–Crippen MR) is 77.7 cm³/mol. The third-order valence-electron chi connectivity index (χ3n) is 3.72. The topological polar surface area (TPSA) is 48.0 Å². The highest BCUT2D eigenvalue weighted by atomic mass is 16.5. The Morgan fingerprint density at radius 1 is 1.00 bits per heavy atom. The van der Waals surface area contributed by atoms with Crippen LogP contribution in [-0.4, -0.2) is 63.5 Å². The van der Waals surface area contributed by atoms with Crippen LogP contribution in [0.15, 0.2) is 0 Å². The molecule has 1 aliphatic rings. The number of nitrogens with zero attached hydrogens (tertiary/aromatic N) is 1. The molecule has 0 atom stereocenters. The van der Waals surface area contributed by atoms with Gasteiger partial charge in [-0.1, -0.05) is 13.3 Å². The largest absolute Gasteiger partial charge is 0.379 e. The number of likely N-dealkylation sites (tertiary alicyclic amines) is 1. The SMILES string of the molecule is CCOCCOCCOCC(=O)N1CCC(CC)CC1. The second-order valence-electron chi connectivity index (χ2n) is 5.09. The Labute approximate surface area is 122 Å². The number of carbonyl (C=O) groups is 1. The number of carbonyl (C=O) groups excluding carboxylic acids is 1. The minimum Gasteiger partial charge on any atom is -0.379 e. The van der Waals surface area contributed by atoms with E-state index in [0.717, 1.165) is 31.8 Å². The molecule has 1 amide bonds. The summed E-state index contributed by atoms with van der Waals surface area (Å²) in [5.74, 6) is 0.896. The summed E-state index contributed by atoms with van der Waals surface area (Å²) in [6, 6.07) is 0. The smallest absolute Gasteiger partial charge is 0.248 e. The lowest BCUT2D eigenvalue weighted by atomic mass is 9.94. The molecule has 0 radical (unpaired) electrons. The third-order valence-corrected chi connectivity index (χ3v) is 3.72. The van der Waals surface area contributed by atoms with E-state index in [1.807, 2.05) is 11.8 Å². The van der Waals surface area contributed by atoms with E-state index in [9.17, 15) is 4.79 Å². The van der Waals surface area contributed by atoms with E-state index in [1.165, 1.54) is 6.42 Å². The molecule has 118 valence electrons. The van der Waals surface area contributed by atoms with Gasteiger partial charge in [0.05, 0.1) is 26.4 Å². The van der Waals surface area contributed by atoms with E-state index >= 15 is 0 Å². The molecule has 0 N–H and O–H groups in total. The molecule has 1 fully saturated rings. The zero-order valence-corrected chi connectivity index (χ0v) is 12.9. The maximum Gasteiger partial charge on any atom is 0.248 e. The molecule has 0 bridgehead atoms. The number of hydrogen-bond donors (Lipinski definition) is 0. The Kier molecular flexibility index (Phi) is 9.62. The van der Waals surface area contributed by atoms with Gasteiger partial charge in [0.15, 0.2) is 0 Å². The van der Waals surface area contributed by atoms with E-state index in [1.54, 1.807) is 0 Å². The van der Waals surface area contributed by atoms with Crippen LogP contribution in [0.3, 0.4) is 0 Å². The Hall–Kier alpha value is -0.650. The van der Waals surface area contributed by atoms with Crippen LogP contribution >= 0.6 is 0 Å². The van der Waals surface area contributed by atoms with E-state index in [4.69, 9.17) is 14.2 Å². The molecule has 20 heavy (non-hydrogen) atoms. The van der Waals surface area contributed by atoms with Crippen LogP contribution in [0.1, 0.15) is 33.1 Å². The maximum absolute atomic E-state index is 11.9. The van der Waals surface area contributed by atoms with Crippen LogP contribution in [0.4, 0.5) is 0 Å². The molecule has 0 aliphatic carbocycles. The van der Waals surface area contributed by atoms with E-state index in [2.05, 4.69) is 6.92 Å². The predicted octanol–water partition coefficient (Wildman–Crippen LogP) is 1.70. The van der Waals surface area contributed by atoms with Gasteiger partial charge in [0.1, 0.15) is 6.61 Å². The molecule has 5 nitrogen and oxygen atoms in total. The average molecular weight is 287 g/mol. The van der Waals surface area contributed by atoms with Gasteiger partial charge >= 0.3 is 0 Å². The van der Waals surface area contributed by atoms with Crippen molar-refractivity contribution < 1.29 is 19.0 Å². The van der Waals surface area contributed by atoms with Gasteiger partial charge in [0.2, 0.25) is 5.91 Å². The molecule has 0 spiro atoms. The fourth-order valence-corrected chi connectivity index (χ4v) is 2.32. The average Bonchev–Trinajstić information content (AvgIpc) is 2.50. The van der Waals surface area contributed by atoms with E-state index in [0.29, 0.717) is 33.0 Å². The lowest BCUT2D eigenvalue weighted by Crippen LogP contribution is -2.40. The van der Waals surface area contributed by atoms with Crippen LogP contribution < -0.4 is 0 Å². The molecule has 0 aromatic rings. The Morgan fingerprint density at radius 3 is 2.20 bits per heavy atom. The Bertz CT molecular complexity index is 252. The molecule has 5 heteroatoms. The zero-order chi connectivity index (χ0) is 14.6. The fraction of sp³-hybridized carbons (Fsp3) is 0.933. The van der Waals surface area contributed by atoms with E-state index in [-0.39, 0.29) is 12.5 Å². The second kappa shape index (κ2) is 11.1. The minimum absolute atomic E-state index is 0.105. The van der Waals surface area contributed by atoms with Crippen molar-refractivity contribution in [2.24, 2.45) is 5.92 Å².